The van der Waals surface area contributed by atoms with Crippen molar-refractivity contribution in [3.8, 4) is 0 Å². The van der Waals surface area contributed by atoms with Crippen LogP contribution in [0.4, 0.5) is 0 Å². The third-order valence-corrected chi connectivity index (χ3v) is 2.60. The van der Waals surface area contributed by atoms with Gasteiger partial charge < -0.3 is 10.5 Å². The fraction of sp³-hybridized carbons (Fsp3) is 0.500. The summed E-state index contributed by atoms with van der Waals surface area (Å²) in [6, 6.07) is 6.19. The number of benzene rings is 1. The highest BCUT2D eigenvalue weighted by Gasteiger charge is 2.07. The molecule has 2 nitrogen and oxygen atoms in total. The highest BCUT2D eigenvalue weighted by molar-refractivity contribution is 9.10. The summed E-state index contributed by atoms with van der Waals surface area (Å²) in [7, 11) is 0. The maximum absolute atomic E-state index is 6.03. The van der Waals surface area contributed by atoms with Gasteiger partial charge in [0, 0.05) is 11.1 Å². The molecule has 0 bridgehead atoms. The highest BCUT2D eigenvalue weighted by Crippen LogP contribution is 2.19. The maximum atomic E-state index is 6.03. The van der Waals surface area contributed by atoms with Gasteiger partial charge >= 0.3 is 0 Å². The predicted octanol–water partition coefficient (Wildman–Crippen LogP) is 3.18. The standard InChI is InChI=1S/C12H18BrNO/c1-3-4-15-8-12(14)10-5-9(2)6-11(13)7-10/h5-7,12H,3-4,8,14H2,1-2H3. The van der Waals surface area contributed by atoms with E-state index in [1.165, 1.54) is 5.56 Å². The molecule has 15 heavy (non-hydrogen) atoms. The van der Waals surface area contributed by atoms with Crippen LogP contribution in [-0.2, 0) is 4.74 Å². The molecular formula is C12H18BrNO. The first-order valence-corrected chi connectivity index (χ1v) is 6.03. The number of halogens is 1. The largest absolute Gasteiger partial charge is 0.379 e. The molecule has 1 rings (SSSR count). The van der Waals surface area contributed by atoms with Crippen molar-refractivity contribution < 1.29 is 4.74 Å². The molecule has 2 N–H and O–H groups in total. The lowest BCUT2D eigenvalue weighted by Crippen LogP contribution is -2.17. The molecule has 0 fully saturated rings. The van der Waals surface area contributed by atoms with E-state index < -0.39 is 0 Å². The molecule has 0 aromatic heterocycles. The average molecular weight is 272 g/mol. The lowest BCUT2D eigenvalue weighted by molar-refractivity contribution is 0.121. The zero-order valence-electron chi connectivity index (χ0n) is 9.29. The molecular weight excluding hydrogens is 254 g/mol. The van der Waals surface area contributed by atoms with Gasteiger partial charge in [-0.3, -0.25) is 0 Å². The lowest BCUT2D eigenvalue weighted by atomic mass is 10.1. The minimum absolute atomic E-state index is 0.0345. The first-order valence-electron chi connectivity index (χ1n) is 5.24. The van der Waals surface area contributed by atoms with E-state index in [4.69, 9.17) is 10.5 Å². The molecule has 0 amide bonds. The van der Waals surface area contributed by atoms with Crippen molar-refractivity contribution in [2.45, 2.75) is 26.3 Å². The summed E-state index contributed by atoms with van der Waals surface area (Å²) in [5.74, 6) is 0. The number of nitrogens with two attached hydrogens (primary N) is 1. The van der Waals surface area contributed by atoms with Gasteiger partial charge in [-0.2, -0.15) is 0 Å². The Balaban J connectivity index is 2.60. The van der Waals surface area contributed by atoms with E-state index in [1.54, 1.807) is 0 Å². The topological polar surface area (TPSA) is 35.2 Å². The van der Waals surface area contributed by atoms with Crippen molar-refractivity contribution in [2.75, 3.05) is 13.2 Å². The molecule has 1 unspecified atom stereocenters. The van der Waals surface area contributed by atoms with Gasteiger partial charge in [0.15, 0.2) is 0 Å². The number of ether oxygens (including phenoxy) is 1. The summed E-state index contributed by atoms with van der Waals surface area (Å²) in [5, 5.41) is 0. The second kappa shape index (κ2) is 6.26. The monoisotopic (exact) mass is 271 g/mol. The van der Waals surface area contributed by atoms with Crippen molar-refractivity contribution >= 4 is 15.9 Å². The van der Waals surface area contributed by atoms with E-state index in [1.807, 2.05) is 6.07 Å². The molecule has 0 aliphatic carbocycles. The minimum Gasteiger partial charge on any atom is -0.379 e. The van der Waals surface area contributed by atoms with Gasteiger partial charge in [-0.25, -0.2) is 0 Å². The second-order valence-electron chi connectivity index (χ2n) is 3.74. The molecule has 1 aromatic rings. The molecule has 0 aliphatic rings. The van der Waals surface area contributed by atoms with Crippen LogP contribution in [-0.4, -0.2) is 13.2 Å². The van der Waals surface area contributed by atoms with Gasteiger partial charge in [-0.15, -0.1) is 0 Å². The van der Waals surface area contributed by atoms with Crippen LogP contribution in [0.25, 0.3) is 0 Å². The highest BCUT2D eigenvalue weighted by atomic mass is 79.9. The Labute approximate surface area is 99.9 Å². The number of hydrogen-bond donors (Lipinski definition) is 1. The molecule has 0 aliphatic heterocycles. The zero-order chi connectivity index (χ0) is 11.3. The van der Waals surface area contributed by atoms with Gasteiger partial charge in [0.25, 0.3) is 0 Å². The van der Waals surface area contributed by atoms with Gasteiger partial charge in [0.2, 0.25) is 0 Å². The van der Waals surface area contributed by atoms with Crippen LogP contribution in [0.2, 0.25) is 0 Å². The SMILES string of the molecule is CCCOCC(N)c1cc(C)cc(Br)c1. The van der Waals surface area contributed by atoms with Crippen LogP contribution in [0, 0.1) is 6.92 Å². The Morgan fingerprint density at radius 1 is 1.40 bits per heavy atom. The zero-order valence-corrected chi connectivity index (χ0v) is 10.9. The molecule has 0 heterocycles. The molecule has 0 radical (unpaired) electrons. The van der Waals surface area contributed by atoms with Crippen LogP contribution < -0.4 is 5.73 Å². The number of hydrogen-bond acceptors (Lipinski definition) is 2. The van der Waals surface area contributed by atoms with Crippen LogP contribution >= 0.6 is 15.9 Å². The van der Waals surface area contributed by atoms with Gasteiger partial charge in [0.1, 0.15) is 0 Å². The fourth-order valence-corrected chi connectivity index (χ4v) is 2.05. The molecule has 0 saturated carbocycles. The molecule has 84 valence electrons. The summed E-state index contributed by atoms with van der Waals surface area (Å²) >= 11 is 3.47. The van der Waals surface area contributed by atoms with E-state index in [9.17, 15) is 0 Å². The van der Waals surface area contributed by atoms with Crippen molar-refractivity contribution in [1.29, 1.82) is 0 Å². The Bertz CT molecular complexity index is 294. The van der Waals surface area contributed by atoms with Crippen molar-refractivity contribution in [3.63, 3.8) is 0 Å². The molecule has 3 heteroatoms. The van der Waals surface area contributed by atoms with Crippen LogP contribution in [0.5, 0.6) is 0 Å². The van der Waals surface area contributed by atoms with Gasteiger partial charge in [-0.05, 0) is 36.6 Å². The van der Waals surface area contributed by atoms with E-state index in [2.05, 4.69) is 41.9 Å². The maximum Gasteiger partial charge on any atom is 0.0659 e. The Morgan fingerprint density at radius 2 is 2.13 bits per heavy atom. The number of rotatable bonds is 5. The molecule has 1 atom stereocenters. The third kappa shape index (κ3) is 4.33. The summed E-state index contributed by atoms with van der Waals surface area (Å²) < 4.78 is 6.51. The summed E-state index contributed by atoms with van der Waals surface area (Å²) in [6.45, 7) is 5.52. The van der Waals surface area contributed by atoms with Crippen molar-refractivity contribution in [2.24, 2.45) is 5.73 Å². The fourth-order valence-electron chi connectivity index (χ4n) is 1.43. The lowest BCUT2D eigenvalue weighted by Gasteiger charge is -2.13. The molecule has 1 aromatic carbocycles. The quantitative estimate of drug-likeness (QED) is 0.835. The van der Waals surface area contributed by atoms with E-state index >= 15 is 0 Å². The van der Waals surface area contributed by atoms with E-state index in [-0.39, 0.29) is 6.04 Å². The average Bonchev–Trinajstić information content (AvgIpc) is 2.16. The van der Waals surface area contributed by atoms with E-state index in [0.717, 1.165) is 23.1 Å². The second-order valence-corrected chi connectivity index (χ2v) is 4.66. The number of aryl methyl sites for hydroxylation is 1. The predicted molar refractivity (Wildman–Crippen MR) is 66.9 cm³/mol. The molecule has 0 spiro atoms. The minimum atomic E-state index is -0.0345. The third-order valence-electron chi connectivity index (χ3n) is 2.14. The van der Waals surface area contributed by atoms with Crippen molar-refractivity contribution in [3.05, 3.63) is 33.8 Å². The summed E-state index contributed by atoms with van der Waals surface area (Å²) in [4.78, 5) is 0. The van der Waals surface area contributed by atoms with Crippen LogP contribution in [0.1, 0.15) is 30.5 Å². The summed E-state index contributed by atoms with van der Waals surface area (Å²) in [6.07, 6.45) is 1.03. The van der Waals surface area contributed by atoms with Crippen molar-refractivity contribution in [1.82, 2.24) is 0 Å². The normalized spacial score (nSPS) is 12.8. The summed E-state index contributed by atoms with van der Waals surface area (Å²) in [5.41, 5.74) is 8.36. The van der Waals surface area contributed by atoms with Crippen LogP contribution in [0.15, 0.2) is 22.7 Å². The first-order chi connectivity index (χ1) is 7.13. The Kier molecular flexibility index (Phi) is 5.29. The van der Waals surface area contributed by atoms with Gasteiger partial charge in [-0.1, -0.05) is 28.9 Å². The first kappa shape index (κ1) is 12.7. The van der Waals surface area contributed by atoms with Gasteiger partial charge in [0.05, 0.1) is 12.6 Å². The Morgan fingerprint density at radius 3 is 2.73 bits per heavy atom. The smallest absolute Gasteiger partial charge is 0.0659 e. The molecule has 0 saturated heterocycles. The van der Waals surface area contributed by atoms with E-state index in [0.29, 0.717) is 6.61 Å². The van der Waals surface area contributed by atoms with Crippen LogP contribution in [0.3, 0.4) is 0 Å². The Hall–Kier alpha value is -0.380.